The Bertz CT molecular complexity index is 1450. The van der Waals surface area contributed by atoms with Crippen LogP contribution in [0.5, 0.6) is 11.5 Å². The molecule has 0 fully saturated rings. The molecule has 4 aromatic rings. The molecule has 0 bridgehead atoms. The molecule has 210 valence electrons. The van der Waals surface area contributed by atoms with E-state index in [0.717, 1.165) is 33.3 Å². The van der Waals surface area contributed by atoms with E-state index in [1.165, 1.54) is 4.88 Å². The molecular weight excluding hydrogens is 522 g/mol. The fourth-order valence-corrected chi connectivity index (χ4v) is 5.57. The maximum Gasteiger partial charge on any atom is 0.322 e. The van der Waals surface area contributed by atoms with Crippen LogP contribution in [-0.4, -0.2) is 55.6 Å². The number of carbonyl (C=O) groups excluding carboxylic acids is 2. The van der Waals surface area contributed by atoms with E-state index in [1.807, 2.05) is 72.5 Å². The van der Waals surface area contributed by atoms with Crippen LogP contribution in [0.1, 0.15) is 28.7 Å². The molecule has 1 aromatic heterocycles. The number of methoxy groups -OCH3 is 2. The number of anilines is 1. The molecule has 40 heavy (non-hydrogen) atoms. The minimum atomic E-state index is -0.279. The van der Waals surface area contributed by atoms with Gasteiger partial charge >= 0.3 is 6.03 Å². The summed E-state index contributed by atoms with van der Waals surface area (Å²) in [6.07, 6.45) is 1.39. The van der Waals surface area contributed by atoms with Crippen LogP contribution < -0.4 is 14.8 Å². The zero-order valence-corrected chi connectivity index (χ0v) is 24.4. The largest absolute Gasteiger partial charge is 0.493 e. The van der Waals surface area contributed by atoms with E-state index >= 15 is 0 Å². The lowest BCUT2D eigenvalue weighted by atomic mass is 10.1. The number of amides is 3. The molecule has 0 spiro atoms. The summed E-state index contributed by atoms with van der Waals surface area (Å²) in [6.45, 7) is 5.55. The van der Waals surface area contributed by atoms with Crippen LogP contribution >= 0.6 is 11.3 Å². The van der Waals surface area contributed by atoms with Gasteiger partial charge in [0.25, 0.3) is 0 Å². The number of fused-ring (bicyclic) bond motifs is 1. The van der Waals surface area contributed by atoms with E-state index in [0.29, 0.717) is 37.6 Å². The number of benzene rings is 3. The average molecular weight is 560 g/mol. The van der Waals surface area contributed by atoms with Crippen LogP contribution in [0.25, 0.3) is 10.8 Å². The van der Waals surface area contributed by atoms with E-state index < -0.39 is 0 Å². The van der Waals surface area contributed by atoms with Gasteiger partial charge < -0.3 is 24.6 Å². The van der Waals surface area contributed by atoms with Gasteiger partial charge in [-0.25, -0.2) is 4.79 Å². The third-order valence-electron chi connectivity index (χ3n) is 6.75. The Kier molecular flexibility index (Phi) is 10.0. The van der Waals surface area contributed by atoms with Gasteiger partial charge in [0.15, 0.2) is 11.5 Å². The van der Waals surface area contributed by atoms with Crippen LogP contribution in [-0.2, 0) is 17.8 Å². The standard InChI is InChI=1S/C32H37N3O4S/c1-5-18-35(32(37)33-28-12-8-10-25-9-6-7-11-27(25)28)22-31(36)34(21-26-15-13-23(2)40-26)19-17-24-14-16-29(38-3)30(20-24)39-4/h6-16,20H,5,17-19,21-22H2,1-4H3,(H,33,37). The van der Waals surface area contributed by atoms with Crippen LogP contribution in [0.3, 0.4) is 0 Å². The topological polar surface area (TPSA) is 71.1 Å². The van der Waals surface area contributed by atoms with Crippen molar-refractivity contribution in [2.24, 2.45) is 0 Å². The summed E-state index contributed by atoms with van der Waals surface area (Å²) in [5.74, 6) is 1.24. The quantitative estimate of drug-likeness (QED) is 0.209. The lowest BCUT2D eigenvalue weighted by Crippen LogP contribution is -2.45. The molecule has 0 saturated heterocycles. The highest BCUT2D eigenvalue weighted by atomic mass is 32.1. The SMILES string of the molecule is CCCN(CC(=O)N(CCc1ccc(OC)c(OC)c1)Cc1ccc(C)s1)C(=O)Nc1cccc2ccccc12. The molecule has 0 atom stereocenters. The summed E-state index contributed by atoms with van der Waals surface area (Å²) in [7, 11) is 3.22. The molecule has 0 aliphatic carbocycles. The van der Waals surface area contributed by atoms with Crippen LogP contribution in [0, 0.1) is 6.92 Å². The zero-order chi connectivity index (χ0) is 28.5. The fraction of sp³-hybridized carbons (Fsp3) is 0.312. The molecule has 0 aliphatic rings. The summed E-state index contributed by atoms with van der Waals surface area (Å²) in [5, 5.41) is 5.05. The number of hydrogen-bond donors (Lipinski definition) is 1. The second kappa shape index (κ2) is 13.8. The molecular formula is C32H37N3O4S. The van der Waals surface area contributed by atoms with Gasteiger partial charge in [0, 0.05) is 28.2 Å². The third kappa shape index (κ3) is 7.33. The maximum atomic E-state index is 13.7. The minimum Gasteiger partial charge on any atom is -0.493 e. The number of hydrogen-bond acceptors (Lipinski definition) is 5. The monoisotopic (exact) mass is 559 g/mol. The molecule has 1 N–H and O–H groups in total. The number of thiophene rings is 1. The highest BCUT2D eigenvalue weighted by Crippen LogP contribution is 2.28. The summed E-state index contributed by atoms with van der Waals surface area (Å²) in [4.78, 5) is 32.9. The van der Waals surface area contributed by atoms with Crippen molar-refractivity contribution in [2.75, 3.05) is 39.2 Å². The number of aryl methyl sites for hydroxylation is 1. The first-order valence-electron chi connectivity index (χ1n) is 13.5. The number of nitrogens with one attached hydrogen (secondary N) is 1. The molecule has 1 heterocycles. The Hall–Kier alpha value is -4.04. The zero-order valence-electron chi connectivity index (χ0n) is 23.6. The smallest absolute Gasteiger partial charge is 0.322 e. The fourth-order valence-electron chi connectivity index (χ4n) is 4.66. The number of carbonyl (C=O) groups is 2. The first-order chi connectivity index (χ1) is 19.4. The van der Waals surface area contributed by atoms with Gasteiger partial charge in [0.2, 0.25) is 5.91 Å². The van der Waals surface area contributed by atoms with Gasteiger partial charge in [-0.3, -0.25) is 4.79 Å². The predicted molar refractivity (Wildman–Crippen MR) is 163 cm³/mol. The van der Waals surface area contributed by atoms with E-state index in [4.69, 9.17) is 9.47 Å². The molecule has 0 saturated carbocycles. The van der Waals surface area contributed by atoms with Crippen molar-refractivity contribution in [1.29, 1.82) is 0 Å². The Morgan fingerprint density at radius 3 is 2.38 bits per heavy atom. The van der Waals surface area contributed by atoms with E-state index in [-0.39, 0.29) is 18.5 Å². The summed E-state index contributed by atoms with van der Waals surface area (Å²) in [5.41, 5.74) is 1.77. The number of rotatable bonds is 12. The molecule has 8 heteroatoms. The summed E-state index contributed by atoms with van der Waals surface area (Å²) < 4.78 is 10.8. The summed E-state index contributed by atoms with van der Waals surface area (Å²) >= 11 is 1.68. The Morgan fingerprint density at radius 1 is 0.875 bits per heavy atom. The first-order valence-corrected chi connectivity index (χ1v) is 14.3. The lowest BCUT2D eigenvalue weighted by Gasteiger charge is -2.28. The highest BCUT2D eigenvalue weighted by molar-refractivity contribution is 7.11. The predicted octanol–water partition coefficient (Wildman–Crippen LogP) is 6.74. The second-order valence-electron chi connectivity index (χ2n) is 9.65. The van der Waals surface area contributed by atoms with Crippen molar-refractivity contribution in [3.63, 3.8) is 0 Å². The number of ether oxygens (including phenoxy) is 2. The van der Waals surface area contributed by atoms with Crippen molar-refractivity contribution in [3.8, 4) is 11.5 Å². The van der Waals surface area contributed by atoms with Crippen LogP contribution in [0.15, 0.2) is 72.8 Å². The molecule has 3 amide bonds. The molecule has 0 aliphatic heterocycles. The maximum absolute atomic E-state index is 13.7. The van der Waals surface area contributed by atoms with E-state index in [9.17, 15) is 9.59 Å². The van der Waals surface area contributed by atoms with E-state index in [1.54, 1.807) is 30.5 Å². The molecule has 3 aromatic carbocycles. The lowest BCUT2D eigenvalue weighted by molar-refractivity contribution is -0.132. The Morgan fingerprint density at radius 2 is 1.65 bits per heavy atom. The van der Waals surface area contributed by atoms with Crippen molar-refractivity contribution in [2.45, 2.75) is 33.2 Å². The van der Waals surface area contributed by atoms with Crippen molar-refractivity contribution < 1.29 is 19.1 Å². The van der Waals surface area contributed by atoms with Crippen molar-refractivity contribution in [3.05, 3.63) is 88.1 Å². The Balaban J connectivity index is 1.50. The minimum absolute atomic E-state index is 0.000725. The van der Waals surface area contributed by atoms with Gasteiger partial charge in [0.05, 0.1) is 26.5 Å². The number of nitrogens with zero attached hydrogens (tertiary/aromatic N) is 2. The summed E-state index contributed by atoms with van der Waals surface area (Å²) in [6, 6.07) is 23.4. The number of urea groups is 1. The molecule has 0 unspecified atom stereocenters. The van der Waals surface area contributed by atoms with Gasteiger partial charge in [-0.1, -0.05) is 49.4 Å². The van der Waals surface area contributed by atoms with Crippen molar-refractivity contribution >= 4 is 39.7 Å². The van der Waals surface area contributed by atoms with Gasteiger partial charge in [-0.05, 0) is 61.0 Å². The Labute approximate surface area is 240 Å². The molecule has 7 nitrogen and oxygen atoms in total. The van der Waals surface area contributed by atoms with Crippen LogP contribution in [0.4, 0.5) is 10.5 Å². The van der Waals surface area contributed by atoms with Gasteiger partial charge in [0.1, 0.15) is 6.54 Å². The first kappa shape index (κ1) is 29.0. The van der Waals surface area contributed by atoms with Crippen LogP contribution in [0.2, 0.25) is 0 Å². The van der Waals surface area contributed by atoms with Crippen molar-refractivity contribution in [1.82, 2.24) is 9.80 Å². The van der Waals surface area contributed by atoms with Gasteiger partial charge in [-0.15, -0.1) is 11.3 Å². The second-order valence-corrected chi connectivity index (χ2v) is 11.0. The highest BCUT2D eigenvalue weighted by Gasteiger charge is 2.22. The van der Waals surface area contributed by atoms with Gasteiger partial charge in [-0.2, -0.15) is 0 Å². The molecule has 4 rings (SSSR count). The van der Waals surface area contributed by atoms with E-state index in [2.05, 4.69) is 24.4 Å². The normalized spacial score (nSPS) is 10.8. The average Bonchev–Trinajstić information content (AvgIpc) is 3.39. The third-order valence-corrected chi connectivity index (χ3v) is 7.74. The molecule has 0 radical (unpaired) electrons.